The maximum Gasteiger partial charge on any atom is 0.314 e. The molecule has 0 aromatic carbocycles. The Morgan fingerprint density at radius 1 is 1.45 bits per heavy atom. The number of carboxylic acid groups (broad SMARTS) is 1. The molecule has 0 spiro atoms. The lowest BCUT2D eigenvalue weighted by Crippen LogP contribution is -2.45. The number of nitrogens with zero attached hydrogens (tertiary/aromatic N) is 2. The predicted octanol–water partition coefficient (Wildman–Crippen LogP) is 0.992. The van der Waals surface area contributed by atoms with Crippen LogP contribution in [0.5, 0.6) is 0 Å². The SMILES string of the molecule is CCC(C)(CNC(=O)NCCn1cc(C)cn1)C(=O)O. The Bertz CT molecular complexity index is 472. The zero-order valence-electron chi connectivity index (χ0n) is 12.1. The van der Waals surface area contributed by atoms with Gasteiger partial charge in [0.25, 0.3) is 0 Å². The van der Waals surface area contributed by atoms with Gasteiger partial charge in [0, 0.05) is 19.3 Å². The summed E-state index contributed by atoms with van der Waals surface area (Å²) in [6.07, 6.45) is 4.09. The lowest BCUT2D eigenvalue weighted by atomic mass is 9.88. The number of amides is 2. The first-order chi connectivity index (χ1) is 9.37. The summed E-state index contributed by atoms with van der Waals surface area (Å²) in [5.41, 5.74) is 0.130. The Labute approximate surface area is 118 Å². The van der Waals surface area contributed by atoms with Crippen LogP contribution < -0.4 is 10.6 Å². The van der Waals surface area contributed by atoms with Gasteiger partial charge in [0.1, 0.15) is 0 Å². The van der Waals surface area contributed by atoms with Gasteiger partial charge in [-0.1, -0.05) is 6.92 Å². The zero-order valence-corrected chi connectivity index (χ0v) is 12.1. The first-order valence-electron chi connectivity index (χ1n) is 6.61. The van der Waals surface area contributed by atoms with Gasteiger partial charge in [-0.05, 0) is 25.8 Å². The van der Waals surface area contributed by atoms with E-state index in [1.165, 1.54) is 0 Å². The van der Waals surface area contributed by atoms with Crippen molar-refractivity contribution in [2.45, 2.75) is 33.7 Å². The summed E-state index contributed by atoms with van der Waals surface area (Å²) in [5, 5.41) is 18.4. The third-order valence-electron chi connectivity index (χ3n) is 3.32. The van der Waals surface area contributed by atoms with Crippen molar-refractivity contribution in [3.63, 3.8) is 0 Å². The first-order valence-corrected chi connectivity index (χ1v) is 6.61. The Balaban J connectivity index is 2.28. The number of carbonyl (C=O) groups excluding carboxylic acids is 1. The fourth-order valence-corrected chi connectivity index (χ4v) is 1.56. The summed E-state index contributed by atoms with van der Waals surface area (Å²) in [7, 11) is 0. The van der Waals surface area contributed by atoms with E-state index in [4.69, 9.17) is 5.11 Å². The third-order valence-corrected chi connectivity index (χ3v) is 3.32. The summed E-state index contributed by atoms with van der Waals surface area (Å²) in [6.45, 7) is 6.46. The van der Waals surface area contributed by atoms with Crippen molar-refractivity contribution >= 4 is 12.0 Å². The standard InChI is InChI=1S/C13H22N4O3/c1-4-13(3,11(18)19)9-15-12(20)14-5-6-17-8-10(2)7-16-17/h7-8H,4-6,9H2,1-3H3,(H,18,19)(H2,14,15,20). The minimum absolute atomic E-state index is 0.103. The first kappa shape index (κ1) is 16.0. The van der Waals surface area contributed by atoms with E-state index in [0.717, 1.165) is 5.56 Å². The number of urea groups is 1. The average molecular weight is 282 g/mol. The Kier molecular flexibility index (Phi) is 5.54. The quantitative estimate of drug-likeness (QED) is 0.695. The Morgan fingerprint density at radius 3 is 2.65 bits per heavy atom. The maximum atomic E-state index is 11.6. The number of rotatable bonds is 7. The highest BCUT2D eigenvalue weighted by atomic mass is 16.4. The second-order valence-corrected chi connectivity index (χ2v) is 5.11. The van der Waals surface area contributed by atoms with Gasteiger partial charge in [0.2, 0.25) is 0 Å². The zero-order chi connectivity index (χ0) is 15.2. The number of carboxylic acids is 1. The maximum absolute atomic E-state index is 11.6. The minimum atomic E-state index is -0.934. The van der Waals surface area contributed by atoms with E-state index in [-0.39, 0.29) is 12.6 Å². The Hall–Kier alpha value is -2.05. The fraction of sp³-hybridized carbons (Fsp3) is 0.615. The lowest BCUT2D eigenvalue weighted by Gasteiger charge is -2.23. The van der Waals surface area contributed by atoms with Crippen LogP contribution in [0.4, 0.5) is 4.79 Å². The molecule has 3 N–H and O–H groups in total. The van der Waals surface area contributed by atoms with E-state index < -0.39 is 11.4 Å². The van der Waals surface area contributed by atoms with Crippen molar-refractivity contribution in [1.29, 1.82) is 0 Å². The second kappa shape index (κ2) is 6.93. The number of hydrogen-bond acceptors (Lipinski definition) is 3. The van der Waals surface area contributed by atoms with Crippen molar-refractivity contribution in [3.8, 4) is 0 Å². The normalized spacial score (nSPS) is 13.6. The number of aromatic nitrogens is 2. The van der Waals surface area contributed by atoms with Gasteiger partial charge < -0.3 is 15.7 Å². The van der Waals surface area contributed by atoms with Crippen molar-refractivity contribution in [2.75, 3.05) is 13.1 Å². The van der Waals surface area contributed by atoms with Crippen molar-refractivity contribution < 1.29 is 14.7 Å². The van der Waals surface area contributed by atoms with E-state index in [2.05, 4.69) is 15.7 Å². The van der Waals surface area contributed by atoms with Crippen LogP contribution in [-0.4, -0.2) is 40.0 Å². The molecule has 1 aromatic heterocycles. The molecule has 0 radical (unpaired) electrons. The Morgan fingerprint density at radius 2 is 2.15 bits per heavy atom. The molecule has 0 aliphatic carbocycles. The number of aryl methyl sites for hydroxylation is 1. The molecule has 112 valence electrons. The molecule has 0 saturated carbocycles. The van der Waals surface area contributed by atoms with E-state index >= 15 is 0 Å². The van der Waals surface area contributed by atoms with Crippen LogP contribution in [0.3, 0.4) is 0 Å². The highest BCUT2D eigenvalue weighted by molar-refractivity contribution is 5.77. The summed E-state index contributed by atoms with van der Waals surface area (Å²) in [6, 6.07) is -0.366. The van der Waals surface area contributed by atoms with E-state index in [1.807, 2.05) is 13.1 Å². The van der Waals surface area contributed by atoms with Crippen LogP contribution in [0.1, 0.15) is 25.8 Å². The summed E-state index contributed by atoms with van der Waals surface area (Å²) in [4.78, 5) is 22.7. The van der Waals surface area contributed by atoms with Gasteiger partial charge in [0.05, 0.1) is 18.2 Å². The van der Waals surface area contributed by atoms with Gasteiger partial charge >= 0.3 is 12.0 Å². The van der Waals surface area contributed by atoms with Crippen molar-refractivity contribution in [1.82, 2.24) is 20.4 Å². The summed E-state index contributed by atoms with van der Waals surface area (Å²) in [5.74, 6) is -0.910. The van der Waals surface area contributed by atoms with Crippen LogP contribution in [0, 0.1) is 12.3 Å². The number of hydrogen-bond donors (Lipinski definition) is 3. The molecule has 0 saturated heterocycles. The molecule has 0 bridgehead atoms. The van der Waals surface area contributed by atoms with Crippen LogP contribution in [0.15, 0.2) is 12.4 Å². The van der Waals surface area contributed by atoms with Gasteiger partial charge in [-0.2, -0.15) is 5.10 Å². The molecule has 1 rings (SSSR count). The van der Waals surface area contributed by atoms with Crippen LogP contribution in [0.2, 0.25) is 0 Å². The molecule has 20 heavy (non-hydrogen) atoms. The average Bonchev–Trinajstić information content (AvgIpc) is 2.81. The molecule has 1 heterocycles. The number of carbonyl (C=O) groups is 2. The van der Waals surface area contributed by atoms with E-state index in [0.29, 0.717) is 19.5 Å². The van der Waals surface area contributed by atoms with Gasteiger partial charge in [-0.15, -0.1) is 0 Å². The summed E-state index contributed by atoms with van der Waals surface area (Å²) < 4.78 is 1.74. The van der Waals surface area contributed by atoms with Gasteiger partial charge in [0.15, 0.2) is 0 Å². The summed E-state index contributed by atoms with van der Waals surface area (Å²) >= 11 is 0. The third kappa shape index (κ3) is 4.56. The fourth-order valence-electron chi connectivity index (χ4n) is 1.56. The van der Waals surface area contributed by atoms with Gasteiger partial charge in [-0.3, -0.25) is 9.48 Å². The van der Waals surface area contributed by atoms with Crippen LogP contribution in [0.25, 0.3) is 0 Å². The topological polar surface area (TPSA) is 96.3 Å². The monoisotopic (exact) mass is 282 g/mol. The van der Waals surface area contributed by atoms with E-state index in [1.54, 1.807) is 24.7 Å². The highest BCUT2D eigenvalue weighted by Crippen LogP contribution is 2.19. The number of aliphatic carboxylic acids is 1. The molecule has 7 heteroatoms. The molecule has 2 amide bonds. The molecular formula is C13H22N4O3. The highest BCUT2D eigenvalue weighted by Gasteiger charge is 2.31. The molecule has 7 nitrogen and oxygen atoms in total. The molecular weight excluding hydrogens is 260 g/mol. The largest absolute Gasteiger partial charge is 0.481 e. The predicted molar refractivity (Wildman–Crippen MR) is 74.4 cm³/mol. The van der Waals surface area contributed by atoms with Crippen molar-refractivity contribution in [2.24, 2.45) is 5.41 Å². The van der Waals surface area contributed by atoms with Crippen LogP contribution in [-0.2, 0) is 11.3 Å². The smallest absolute Gasteiger partial charge is 0.314 e. The molecule has 1 unspecified atom stereocenters. The van der Waals surface area contributed by atoms with Gasteiger partial charge in [-0.25, -0.2) is 4.79 Å². The minimum Gasteiger partial charge on any atom is -0.481 e. The molecule has 0 fully saturated rings. The van der Waals surface area contributed by atoms with E-state index in [9.17, 15) is 9.59 Å². The molecule has 0 aliphatic heterocycles. The number of nitrogens with one attached hydrogen (secondary N) is 2. The molecule has 1 aromatic rings. The van der Waals surface area contributed by atoms with Crippen molar-refractivity contribution in [3.05, 3.63) is 18.0 Å². The lowest BCUT2D eigenvalue weighted by molar-refractivity contribution is -0.147. The molecule has 1 atom stereocenters. The second-order valence-electron chi connectivity index (χ2n) is 5.11. The van der Waals surface area contributed by atoms with Crippen LogP contribution >= 0.6 is 0 Å². The molecule has 0 aliphatic rings.